The van der Waals surface area contributed by atoms with Crippen molar-refractivity contribution in [3.8, 4) is 5.75 Å². The van der Waals surface area contributed by atoms with Crippen LogP contribution in [0.3, 0.4) is 0 Å². The minimum absolute atomic E-state index is 0.289. The van der Waals surface area contributed by atoms with E-state index in [0.717, 1.165) is 31.0 Å². The first-order valence-electron chi connectivity index (χ1n) is 6.95. The first kappa shape index (κ1) is 15.9. The Hall–Kier alpha value is -1.20. The molecule has 0 saturated carbocycles. The van der Waals surface area contributed by atoms with Crippen molar-refractivity contribution in [1.29, 1.82) is 0 Å². The smallest absolute Gasteiger partial charge is 0.160 e. The third kappa shape index (κ3) is 5.53. The van der Waals surface area contributed by atoms with E-state index in [9.17, 15) is 0 Å². The summed E-state index contributed by atoms with van der Waals surface area (Å²) in [6.07, 6.45) is 3.93. The van der Waals surface area contributed by atoms with E-state index in [2.05, 4.69) is 30.7 Å². The average Bonchev–Trinajstić information content (AvgIpc) is 2.42. The molecular weight excluding hydrogens is 242 g/mol. The van der Waals surface area contributed by atoms with Crippen LogP contribution in [0.25, 0.3) is 0 Å². The van der Waals surface area contributed by atoms with Crippen LogP contribution >= 0.6 is 0 Å². The molecule has 1 heterocycles. The Morgan fingerprint density at radius 1 is 1.26 bits per heavy atom. The van der Waals surface area contributed by atoms with Gasteiger partial charge in [-0.1, -0.05) is 27.2 Å². The van der Waals surface area contributed by atoms with Gasteiger partial charge in [0.1, 0.15) is 12.4 Å². The first-order valence-corrected chi connectivity index (χ1v) is 6.95. The van der Waals surface area contributed by atoms with Crippen LogP contribution in [-0.2, 0) is 11.3 Å². The van der Waals surface area contributed by atoms with E-state index in [1.54, 1.807) is 6.20 Å². The molecule has 2 N–H and O–H groups in total. The molecule has 0 atom stereocenters. The highest BCUT2D eigenvalue weighted by atomic mass is 16.5. The maximum absolute atomic E-state index is 5.69. The van der Waals surface area contributed by atoms with Crippen molar-refractivity contribution < 1.29 is 9.47 Å². The van der Waals surface area contributed by atoms with Crippen molar-refractivity contribution in [3.05, 3.63) is 17.7 Å². The summed E-state index contributed by atoms with van der Waals surface area (Å²) in [5.74, 6) is 1.75. The maximum Gasteiger partial charge on any atom is 0.160 e. The molecule has 1 aromatic heterocycles. The predicted octanol–water partition coefficient (Wildman–Crippen LogP) is 2.25. The highest BCUT2D eigenvalue weighted by molar-refractivity contribution is 5.25. The molecule has 0 unspecified atom stereocenters. The number of aromatic nitrogens is 2. The van der Waals surface area contributed by atoms with Gasteiger partial charge in [0.2, 0.25) is 0 Å². The van der Waals surface area contributed by atoms with Crippen LogP contribution in [0.15, 0.2) is 6.20 Å². The van der Waals surface area contributed by atoms with Crippen LogP contribution in [0.4, 0.5) is 0 Å². The Morgan fingerprint density at radius 2 is 2.05 bits per heavy atom. The van der Waals surface area contributed by atoms with Gasteiger partial charge in [0.05, 0.1) is 18.5 Å². The Labute approximate surface area is 115 Å². The average molecular weight is 267 g/mol. The van der Waals surface area contributed by atoms with Gasteiger partial charge >= 0.3 is 0 Å². The lowest BCUT2D eigenvalue weighted by atomic mass is 10.2. The number of nitrogens with zero attached hydrogens (tertiary/aromatic N) is 2. The number of ether oxygens (including phenoxy) is 2. The highest BCUT2D eigenvalue weighted by Gasteiger charge is 2.09. The van der Waals surface area contributed by atoms with E-state index in [0.29, 0.717) is 25.5 Å². The zero-order valence-corrected chi connectivity index (χ0v) is 12.2. The van der Waals surface area contributed by atoms with E-state index in [1.165, 1.54) is 0 Å². The summed E-state index contributed by atoms with van der Waals surface area (Å²) in [7, 11) is 0. The van der Waals surface area contributed by atoms with Crippen LogP contribution in [0, 0.1) is 0 Å². The first-order chi connectivity index (χ1) is 9.19. The number of unbranched alkanes of at least 4 members (excludes halogenated alkanes) is 1. The summed E-state index contributed by atoms with van der Waals surface area (Å²) >= 11 is 0. The molecule has 0 aliphatic heterocycles. The van der Waals surface area contributed by atoms with Gasteiger partial charge in [0.25, 0.3) is 0 Å². The van der Waals surface area contributed by atoms with Crippen molar-refractivity contribution in [2.24, 2.45) is 5.73 Å². The number of hydrogen-bond donors (Lipinski definition) is 1. The van der Waals surface area contributed by atoms with Gasteiger partial charge in [-0.25, -0.2) is 9.97 Å². The van der Waals surface area contributed by atoms with Crippen LogP contribution in [0.5, 0.6) is 5.75 Å². The van der Waals surface area contributed by atoms with Crippen molar-refractivity contribution in [1.82, 2.24) is 9.97 Å². The van der Waals surface area contributed by atoms with Gasteiger partial charge in [0, 0.05) is 19.1 Å². The minimum Gasteiger partial charge on any atom is -0.488 e. The molecule has 5 nitrogen and oxygen atoms in total. The third-order valence-electron chi connectivity index (χ3n) is 2.69. The summed E-state index contributed by atoms with van der Waals surface area (Å²) in [6.45, 7) is 8.47. The van der Waals surface area contributed by atoms with Gasteiger partial charge in [-0.3, -0.25) is 0 Å². The molecule has 0 fully saturated rings. The van der Waals surface area contributed by atoms with E-state index in [1.807, 2.05) is 0 Å². The van der Waals surface area contributed by atoms with Gasteiger partial charge in [0.15, 0.2) is 5.75 Å². The molecular formula is C14H25N3O2. The lowest BCUT2D eigenvalue weighted by molar-refractivity contribution is 0.0974. The molecule has 0 radical (unpaired) electrons. The zero-order valence-electron chi connectivity index (χ0n) is 12.2. The van der Waals surface area contributed by atoms with Crippen molar-refractivity contribution in [3.63, 3.8) is 0 Å². The molecule has 5 heteroatoms. The lowest BCUT2D eigenvalue weighted by Crippen LogP contribution is -2.12. The molecule has 108 valence electrons. The Balaban J connectivity index is 2.44. The molecule has 0 aliphatic rings. The quantitative estimate of drug-likeness (QED) is 0.695. The Bertz CT molecular complexity index is 370. The maximum atomic E-state index is 5.69. The molecule has 1 aromatic rings. The molecule has 0 spiro atoms. The summed E-state index contributed by atoms with van der Waals surface area (Å²) < 4.78 is 11.0. The van der Waals surface area contributed by atoms with Crippen LogP contribution in [0.1, 0.15) is 51.0 Å². The molecule has 0 bridgehead atoms. The molecule has 0 aromatic carbocycles. The molecule has 0 amide bonds. The summed E-state index contributed by atoms with van der Waals surface area (Å²) in [6, 6.07) is 0. The largest absolute Gasteiger partial charge is 0.488 e. The topological polar surface area (TPSA) is 70.3 Å². The van der Waals surface area contributed by atoms with E-state index in [4.69, 9.17) is 15.2 Å². The number of hydrogen-bond acceptors (Lipinski definition) is 5. The van der Waals surface area contributed by atoms with Gasteiger partial charge in [-0.15, -0.1) is 0 Å². The van der Waals surface area contributed by atoms with Crippen molar-refractivity contribution >= 4 is 0 Å². The Morgan fingerprint density at radius 3 is 2.68 bits per heavy atom. The molecule has 0 saturated heterocycles. The van der Waals surface area contributed by atoms with Gasteiger partial charge in [-0.2, -0.15) is 0 Å². The summed E-state index contributed by atoms with van der Waals surface area (Å²) in [5, 5.41) is 0. The van der Waals surface area contributed by atoms with Crippen molar-refractivity contribution in [2.75, 3.05) is 19.8 Å². The van der Waals surface area contributed by atoms with E-state index in [-0.39, 0.29) is 5.92 Å². The fraction of sp³-hybridized carbons (Fsp3) is 0.714. The molecule has 0 aliphatic carbocycles. The van der Waals surface area contributed by atoms with Crippen LogP contribution in [0.2, 0.25) is 0 Å². The minimum atomic E-state index is 0.289. The van der Waals surface area contributed by atoms with Crippen molar-refractivity contribution in [2.45, 2.75) is 46.1 Å². The predicted molar refractivity (Wildman–Crippen MR) is 75.2 cm³/mol. The monoisotopic (exact) mass is 267 g/mol. The second kappa shape index (κ2) is 8.82. The summed E-state index contributed by atoms with van der Waals surface area (Å²) in [5.41, 5.74) is 6.44. The fourth-order valence-corrected chi connectivity index (χ4v) is 1.53. The van der Waals surface area contributed by atoms with E-state index < -0.39 is 0 Å². The highest BCUT2D eigenvalue weighted by Crippen LogP contribution is 2.17. The number of rotatable bonds is 9. The lowest BCUT2D eigenvalue weighted by Gasteiger charge is -2.12. The van der Waals surface area contributed by atoms with Crippen LogP contribution in [-0.4, -0.2) is 29.8 Å². The molecule has 19 heavy (non-hydrogen) atoms. The normalized spacial score (nSPS) is 11.0. The van der Waals surface area contributed by atoms with Gasteiger partial charge in [-0.05, 0) is 6.42 Å². The SMILES string of the molecule is CCCCOCCOc1cnc(C(C)C)nc1CN. The second-order valence-corrected chi connectivity index (χ2v) is 4.71. The fourth-order valence-electron chi connectivity index (χ4n) is 1.53. The second-order valence-electron chi connectivity index (χ2n) is 4.71. The number of nitrogens with two attached hydrogens (primary N) is 1. The third-order valence-corrected chi connectivity index (χ3v) is 2.69. The summed E-state index contributed by atoms with van der Waals surface area (Å²) in [4.78, 5) is 8.70. The van der Waals surface area contributed by atoms with Crippen LogP contribution < -0.4 is 10.5 Å². The Kier molecular flexibility index (Phi) is 7.36. The van der Waals surface area contributed by atoms with E-state index >= 15 is 0 Å². The van der Waals surface area contributed by atoms with Gasteiger partial charge < -0.3 is 15.2 Å². The molecule has 1 rings (SSSR count). The standard InChI is InChI=1S/C14H25N3O2/c1-4-5-6-18-7-8-19-13-10-16-14(11(2)3)17-12(13)9-15/h10-11H,4-9,15H2,1-3H3. The zero-order chi connectivity index (χ0) is 14.1.